The topological polar surface area (TPSA) is 56.1 Å². The monoisotopic (exact) mass is 271 g/mol. The third-order valence-corrected chi connectivity index (χ3v) is 3.64. The van der Waals surface area contributed by atoms with Crippen molar-refractivity contribution in [3.63, 3.8) is 0 Å². The number of nitriles is 1. The Hall–Kier alpha value is -2.02. The highest BCUT2D eigenvalue weighted by Crippen LogP contribution is 2.23. The number of carbonyl (C=O) groups is 1. The van der Waals surface area contributed by atoms with Gasteiger partial charge in [0, 0.05) is 30.4 Å². The summed E-state index contributed by atoms with van der Waals surface area (Å²) in [6.07, 6.45) is 2.49. The van der Waals surface area contributed by atoms with Gasteiger partial charge >= 0.3 is 0 Å². The number of anilines is 1. The van der Waals surface area contributed by atoms with Crippen molar-refractivity contribution in [1.82, 2.24) is 4.90 Å². The fourth-order valence-electron chi connectivity index (χ4n) is 2.54. The summed E-state index contributed by atoms with van der Waals surface area (Å²) in [5.41, 5.74) is 3.08. The van der Waals surface area contributed by atoms with Crippen LogP contribution in [-0.4, -0.2) is 29.9 Å². The molecular formula is C16H21N3O. The van der Waals surface area contributed by atoms with Crippen molar-refractivity contribution in [2.45, 2.75) is 39.2 Å². The van der Waals surface area contributed by atoms with Gasteiger partial charge in [-0.1, -0.05) is 0 Å². The Labute approximate surface area is 120 Å². The molecule has 0 atom stereocenters. The zero-order chi connectivity index (χ0) is 14.5. The maximum atomic E-state index is 12.6. The minimum Gasteiger partial charge on any atom is -0.385 e. The number of amides is 1. The summed E-state index contributed by atoms with van der Waals surface area (Å²) >= 11 is 0. The fourth-order valence-corrected chi connectivity index (χ4v) is 2.54. The van der Waals surface area contributed by atoms with Gasteiger partial charge in [0.2, 0.25) is 0 Å². The van der Waals surface area contributed by atoms with Gasteiger partial charge in [-0.25, -0.2) is 0 Å². The van der Waals surface area contributed by atoms with Gasteiger partial charge in [0.25, 0.3) is 5.91 Å². The summed E-state index contributed by atoms with van der Waals surface area (Å²) in [6.45, 7) is 5.45. The molecule has 1 aliphatic heterocycles. The minimum absolute atomic E-state index is 0.0172. The molecule has 0 radical (unpaired) electrons. The number of carbonyl (C=O) groups excluding carboxylic acids is 1. The molecule has 0 spiro atoms. The van der Waals surface area contributed by atoms with E-state index in [0.717, 1.165) is 30.6 Å². The molecule has 1 aromatic carbocycles. The Balaban J connectivity index is 2.20. The van der Waals surface area contributed by atoms with E-state index in [4.69, 9.17) is 5.26 Å². The first-order valence-electron chi connectivity index (χ1n) is 7.18. The average molecular weight is 271 g/mol. The molecule has 0 saturated carbocycles. The van der Waals surface area contributed by atoms with Gasteiger partial charge in [-0.05, 0) is 50.5 Å². The van der Waals surface area contributed by atoms with Gasteiger partial charge in [-0.2, -0.15) is 5.26 Å². The quantitative estimate of drug-likeness (QED) is 0.916. The van der Waals surface area contributed by atoms with Crippen LogP contribution in [0, 0.1) is 11.3 Å². The average Bonchev–Trinajstić information content (AvgIpc) is 2.46. The summed E-state index contributed by atoms with van der Waals surface area (Å²) in [5.74, 6) is 0.0172. The van der Waals surface area contributed by atoms with Crippen molar-refractivity contribution in [3.8, 4) is 6.07 Å². The van der Waals surface area contributed by atoms with E-state index in [1.165, 1.54) is 5.56 Å². The summed E-state index contributed by atoms with van der Waals surface area (Å²) < 4.78 is 0. The summed E-state index contributed by atoms with van der Waals surface area (Å²) in [7, 11) is 0. The van der Waals surface area contributed by atoms with Crippen molar-refractivity contribution in [3.05, 3.63) is 29.3 Å². The zero-order valence-electron chi connectivity index (χ0n) is 12.1. The summed E-state index contributed by atoms with van der Waals surface area (Å²) in [5, 5.41) is 12.1. The van der Waals surface area contributed by atoms with Crippen LogP contribution in [0.2, 0.25) is 0 Å². The molecule has 1 amide bonds. The Bertz CT molecular complexity index is 531. The normalized spacial score (nSPS) is 13.3. The van der Waals surface area contributed by atoms with Gasteiger partial charge in [0.1, 0.15) is 0 Å². The molecular weight excluding hydrogens is 250 g/mol. The molecule has 0 fully saturated rings. The van der Waals surface area contributed by atoms with Crippen molar-refractivity contribution in [1.29, 1.82) is 5.26 Å². The molecule has 2 rings (SSSR count). The van der Waals surface area contributed by atoms with E-state index in [2.05, 4.69) is 11.4 Å². The number of aryl methyl sites for hydroxylation is 1. The number of benzene rings is 1. The Kier molecular flexibility index (Phi) is 4.62. The standard InChI is InChI=1S/C16H21N3O/c1-12(2)19(10-4-8-17)16(20)14-6-7-15-13(11-14)5-3-9-18-15/h6-7,11-12,18H,3-5,9-10H2,1-2H3. The second kappa shape index (κ2) is 6.42. The maximum absolute atomic E-state index is 12.6. The number of fused-ring (bicyclic) bond motifs is 1. The van der Waals surface area contributed by atoms with Crippen LogP contribution in [-0.2, 0) is 6.42 Å². The lowest BCUT2D eigenvalue weighted by Gasteiger charge is -2.27. The third-order valence-electron chi connectivity index (χ3n) is 3.64. The lowest BCUT2D eigenvalue weighted by molar-refractivity contribution is 0.0710. The first-order valence-corrected chi connectivity index (χ1v) is 7.18. The van der Waals surface area contributed by atoms with Gasteiger partial charge in [-0.3, -0.25) is 4.79 Å². The smallest absolute Gasteiger partial charge is 0.254 e. The molecule has 1 heterocycles. The first kappa shape index (κ1) is 14.4. The highest BCUT2D eigenvalue weighted by atomic mass is 16.2. The van der Waals surface area contributed by atoms with E-state index >= 15 is 0 Å². The minimum atomic E-state index is 0.0172. The molecule has 20 heavy (non-hydrogen) atoms. The molecule has 0 unspecified atom stereocenters. The lowest BCUT2D eigenvalue weighted by atomic mass is 10.00. The second-order valence-corrected chi connectivity index (χ2v) is 5.40. The molecule has 1 N–H and O–H groups in total. The highest BCUT2D eigenvalue weighted by molar-refractivity contribution is 5.95. The third kappa shape index (κ3) is 3.11. The van der Waals surface area contributed by atoms with Crippen LogP contribution < -0.4 is 5.32 Å². The highest BCUT2D eigenvalue weighted by Gasteiger charge is 2.20. The zero-order valence-corrected chi connectivity index (χ0v) is 12.1. The Morgan fingerprint density at radius 2 is 2.30 bits per heavy atom. The van der Waals surface area contributed by atoms with Crippen molar-refractivity contribution >= 4 is 11.6 Å². The van der Waals surface area contributed by atoms with Gasteiger partial charge < -0.3 is 10.2 Å². The van der Waals surface area contributed by atoms with Gasteiger partial charge in [0.05, 0.1) is 12.5 Å². The van der Waals surface area contributed by atoms with Crippen LogP contribution in [0.4, 0.5) is 5.69 Å². The van der Waals surface area contributed by atoms with Crippen molar-refractivity contribution < 1.29 is 4.79 Å². The molecule has 1 aliphatic rings. The first-order chi connectivity index (χ1) is 9.63. The number of hydrogen-bond acceptors (Lipinski definition) is 3. The summed E-state index contributed by atoms with van der Waals surface area (Å²) in [6, 6.07) is 8.07. The van der Waals surface area contributed by atoms with Crippen molar-refractivity contribution in [2.75, 3.05) is 18.4 Å². The van der Waals surface area contributed by atoms with E-state index in [1.54, 1.807) is 4.90 Å². The number of rotatable bonds is 4. The molecule has 0 aromatic heterocycles. The fraction of sp³-hybridized carbons (Fsp3) is 0.500. The molecule has 4 nitrogen and oxygen atoms in total. The van der Waals surface area contributed by atoms with E-state index < -0.39 is 0 Å². The maximum Gasteiger partial charge on any atom is 0.254 e. The Morgan fingerprint density at radius 1 is 1.50 bits per heavy atom. The molecule has 106 valence electrons. The molecule has 1 aromatic rings. The van der Waals surface area contributed by atoms with E-state index in [9.17, 15) is 4.79 Å². The number of nitrogens with zero attached hydrogens (tertiary/aromatic N) is 2. The predicted molar refractivity (Wildman–Crippen MR) is 79.7 cm³/mol. The van der Waals surface area contributed by atoms with Crippen LogP contribution >= 0.6 is 0 Å². The van der Waals surface area contributed by atoms with Crippen LogP contribution in [0.25, 0.3) is 0 Å². The second-order valence-electron chi connectivity index (χ2n) is 5.40. The van der Waals surface area contributed by atoms with E-state index in [0.29, 0.717) is 13.0 Å². The number of nitrogens with one attached hydrogen (secondary N) is 1. The Morgan fingerprint density at radius 3 is 3.00 bits per heavy atom. The largest absolute Gasteiger partial charge is 0.385 e. The van der Waals surface area contributed by atoms with Gasteiger partial charge in [-0.15, -0.1) is 0 Å². The summed E-state index contributed by atoms with van der Waals surface area (Å²) in [4.78, 5) is 14.3. The predicted octanol–water partition coefficient (Wildman–Crippen LogP) is 2.81. The van der Waals surface area contributed by atoms with E-state index in [-0.39, 0.29) is 11.9 Å². The van der Waals surface area contributed by atoms with E-state index in [1.807, 2.05) is 32.0 Å². The lowest BCUT2D eigenvalue weighted by Crippen LogP contribution is -2.37. The van der Waals surface area contributed by atoms with Crippen LogP contribution in [0.3, 0.4) is 0 Å². The van der Waals surface area contributed by atoms with Crippen LogP contribution in [0.1, 0.15) is 42.6 Å². The molecule has 0 aliphatic carbocycles. The molecule has 0 saturated heterocycles. The number of hydrogen-bond donors (Lipinski definition) is 1. The molecule has 4 heteroatoms. The van der Waals surface area contributed by atoms with Crippen LogP contribution in [0.5, 0.6) is 0 Å². The van der Waals surface area contributed by atoms with Crippen molar-refractivity contribution in [2.24, 2.45) is 0 Å². The SMILES string of the molecule is CC(C)N(CCC#N)C(=O)c1ccc2c(c1)CCCN2. The van der Waals surface area contributed by atoms with Gasteiger partial charge in [0.15, 0.2) is 0 Å². The molecule has 0 bridgehead atoms. The van der Waals surface area contributed by atoms with Crippen LogP contribution in [0.15, 0.2) is 18.2 Å².